The van der Waals surface area contributed by atoms with Crippen molar-refractivity contribution in [3.05, 3.63) is 132 Å². The first-order valence-electron chi connectivity index (χ1n) is 13.0. The molecule has 5 aromatic rings. The maximum atomic E-state index is 6.20. The maximum absolute atomic E-state index is 6.20. The summed E-state index contributed by atoms with van der Waals surface area (Å²) in [6.07, 6.45) is 2.01. The Morgan fingerprint density at radius 2 is 1.31 bits per heavy atom. The first kappa shape index (κ1) is 23.9. The monoisotopic (exact) mass is 474 g/mol. The Kier molecular flexibility index (Phi) is 7.47. The molecule has 4 aromatic carbocycles. The number of para-hydroxylation sites is 3. The second-order valence-corrected chi connectivity index (χ2v) is 9.61. The van der Waals surface area contributed by atoms with Gasteiger partial charge in [0.1, 0.15) is 11.6 Å². The van der Waals surface area contributed by atoms with Gasteiger partial charge in [-0.25, -0.2) is 4.98 Å². The third kappa shape index (κ3) is 5.21. The molecule has 1 aromatic heterocycles. The molecule has 1 heterocycles. The molecule has 0 unspecified atom stereocenters. The molecular formula is C33H34N2O. The van der Waals surface area contributed by atoms with Crippen LogP contribution in [-0.4, -0.2) is 16.2 Å². The zero-order valence-corrected chi connectivity index (χ0v) is 21.2. The second-order valence-electron chi connectivity index (χ2n) is 9.61. The van der Waals surface area contributed by atoms with Crippen LogP contribution >= 0.6 is 0 Å². The summed E-state index contributed by atoms with van der Waals surface area (Å²) in [6, 6.07) is 38.3. The van der Waals surface area contributed by atoms with E-state index < -0.39 is 0 Å². The zero-order valence-electron chi connectivity index (χ0n) is 21.2. The van der Waals surface area contributed by atoms with Crippen molar-refractivity contribution in [3.8, 4) is 5.75 Å². The standard InChI is InChI=1S/C33H34N2O/c1-25(2)28-19-9-12-22-31(28)36-24-14-13-23-35-30-21-11-10-20-29(30)34-33(35)32(26-15-5-3-6-16-26)27-17-7-4-8-18-27/h3-12,15-22,25,32H,13-14,23-24H2,1-2H3. The largest absolute Gasteiger partial charge is 0.493 e. The minimum atomic E-state index is 0.0777. The molecule has 0 saturated carbocycles. The molecule has 0 radical (unpaired) electrons. The van der Waals surface area contributed by atoms with E-state index in [0.29, 0.717) is 12.5 Å². The fourth-order valence-electron chi connectivity index (χ4n) is 4.97. The van der Waals surface area contributed by atoms with E-state index in [0.717, 1.165) is 36.5 Å². The Balaban J connectivity index is 1.40. The van der Waals surface area contributed by atoms with Crippen molar-refractivity contribution >= 4 is 11.0 Å². The van der Waals surface area contributed by atoms with E-state index >= 15 is 0 Å². The van der Waals surface area contributed by atoms with E-state index in [-0.39, 0.29) is 5.92 Å². The zero-order chi connectivity index (χ0) is 24.7. The number of aromatic nitrogens is 2. The molecule has 3 heteroatoms. The summed E-state index contributed by atoms with van der Waals surface area (Å²) in [5.41, 5.74) is 6.03. The molecule has 3 nitrogen and oxygen atoms in total. The number of fused-ring (bicyclic) bond motifs is 1. The van der Waals surface area contributed by atoms with Crippen molar-refractivity contribution in [2.75, 3.05) is 6.61 Å². The molecule has 0 aliphatic rings. The molecule has 36 heavy (non-hydrogen) atoms. The van der Waals surface area contributed by atoms with Crippen LogP contribution in [0.2, 0.25) is 0 Å². The minimum absolute atomic E-state index is 0.0777. The number of hydrogen-bond acceptors (Lipinski definition) is 2. The predicted octanol–water partition coefficient (Wildman–Crippen LogP) is 8.20. The summed E-state index contributed by atoms with van der Waals surface area (Å²) in [7, 11) is 0. The van der Waals surface area contributed by atoms with E-state index in [9.17, 15) is 0 Å². The first-order chi connectivity index (χ1) is 17.7. The number of hydrogen-bond donors (Lipinski definition) is 0. The summed E-state index contributed by atoms with van der Waals surface area (Å²) >= 11 is 0. The molecule has 0 bridgehead atoms. The Hall–Kier alpha value is -3.85. The average molecular weight is 475 g/mol. The third-order valence-electron chi connectivity index (χ3n) is 6.78. The van der Waals surface area contributed by atoms with Gasteiger partial charge in [-0.15, -0.1) is 0 Å². The smallest absolute Gasteiger partial charge is 0.122 e. The topological polar surface area (TPSA) is 27.1 Å². The SMILES string of the molecule is CC(C)c1ccccc1OCCCCn1c(C(c2ccccc2)c2ccccc2)nc2ccccc21. The highest BCUT2D eigenvalue weighted by Gasteiger charge is 2.23. The number of rotatable bonds is 10. The van der Waals surface area contributed by atoms with Crippen LogP contribution < -0.4 is 4.74 Å². The van der Waals surface area contributed by atoms with E-state index in [1.54, 1.807) is 0 Å². The molecule has 0 aliphatic carbocycles. The molecule has 5 rings (SSSR count). The number of imidazole rings is 1. The number of nitrogens with zero attached hydrogens (tertiary/aromatic N) is 2. The van der Waals surface area contributed by atoms with Gasteiger partial charge in [-0.05, 0) is 53.6 Å². The van der Waals surface area contributed by atoms with Crippen molar-refractivity contribution in [1.82, 2.24) is 9.55 Å². The average Bonchev–Trinajstić information content (AvgIpc) is 3.28. The van der Waals surface area contributed by atoms with Gasteiger partial charge in [-0.3, -0.25) is 0 Å². The Bertz CT molecular complexity index is 1350. The summed E-state index contributed by atoms with van der Waals surface area (Å²) in [4.78, 5) is 5.17. The second kappa shape index (κ2) is 11.3. The summed E-state index contributed by atoms with van der Waals surface area (Å²) in [5, 5.41) is 0. The van der Waals surface area contributed by atoms with Crippen molar-refractivity contribution in [2.45, 2.75) is 45.1 Å². The van der Waals surface area contributed by atoms with Crippen LogP contribution in [0.5, 0.6) is 5.75 Å². The quantitative estimate of drug-likeness (QED) is 0.191. The van der Waals surface area contributed by atoms with Gasteiger partial charge in [0.15, 0.2) is 0 Å². The summed E-state index contributed by atoms with van der Waals surface area (Å²) < 4.78 is 8.62. The van der Waals surface area contributed by atoms with Gasteiger partial charge in [-0.1, -0.05) is 105 Å². The molecular weight excluding hydrogens is 440 g/mol. The van der Waals surface area contributed by atoms with E-state index in [1.807, 2.05) is 0 Å². The fraction of sp³-hybridized carbons (Fsp3) is 0.242. The third-order valence-corrected chi connectivity index (χ3v) is 6.78. The van der Waals surface area contributed by atoms with Crippen LogP contribution in [0.25, 0.3) is 11.0 Å². The van der Waals surface area contributed by atoms with Crippen LogP contribution in [-0.2, 0) is 6.54 Å². The highest BCUT2D eigenvalue weighted by Crippen LogP contribution is 2.34. The lowest BCUT2D eigenvalue weighted by molar-refractivity contribution is 0.299. The molecule has 0 fully saturated rings. The van der Waals surface area contributed by atoms with Crippen LogP contribution in [0.15, 0.2) is 109 Å². The Morgan fingerprint density at radius 3 is 2.00 bits per heavy atom. The van der Waals surface area contributed by atoms with Gasteiger partial charge in [-0.2, -0.15) is 0 Å². The number of benzene rings is 4. The van der Waals surface area contributed by atoms with E-state index in [1.165, 1.54) is 22.2 Å². The molecule has 182 valence electrons. The van der Waals surface area contributed by atoms with Crippen LogP contribution in [0, 0.1) is 0 Å². The number of aryl methyl sites for hydroxylation is 1. The lowest BCUT2D eigenvalue weighted by Crippen LogP contribution is -2.13. The minimum Gasteiger partial charge on any atom is -0.493 e. The lowest BCUT2D eigenvalue weighted by Gasteiger charge is -2.20. The van der Waals surface area contributed by atoms with Crippen molar-refractivity contribution in [2.24, 2.45) is 0 Å². The highest BCUT2D eigenvalue weighted by atomic mass is 16.5. The van der Waals surface area contributed by atoms with Gasteiger partial charge in [0.2, 0.25) is 0 Å². The molecule has 0 spiro atoms. The predicted molar refractivity (Wildman–Crippen MR) is 149 cm³/mol. The van der Waals surface area contributed by atoms with Gasteiger partial charge < -0.3 is 9.30 Å². The first-order valence-corrected chi connectivity index (χ1v) is 13.0. The van der Waals surface area contributed by atoms with E-state index in [4.69, 9.17) is 9.72 Å². The highest BCUT2D eigenvalue weighted by molar-refractivity contribution is 5.76. The van der Waals surface area contributed by atoms with Gasteiger partial charge in [0.05, 0.1) is 23.6 Å². The van der Waals surface area contributed by atoms with Crippen molar-refractivity contribution < 1.29 is 4.74 Å². The number of unbranched alkanes of at least 4 members (excludes halogenated alkanes) is 1. The Labute approximate surface area is 214 Å². The number of ether oxygens (including phenoxy) is 1. The van der Waals surface area contributed by atoms with Crippen molar-refractivity contribution in [1.29, 1.82) is 0 Å². The lowest BCUT2D eigenvalue weighted by atomic mass is 9.90. The fourth-order valence-corrected chi connectivity index (χ4v) is 4.97. The van der Waals surface area contributed by atoms with E-state index in [2.05, 4.69) is 128 Å². The summed E-state index contributed by atoms with van der Waals surface area (Å²) in [5.74, 6) is 2.64. The van der Waals surface area contributed by atoms with Crippen LogP contribution in [0.3, 0.4) is 0 Å². The van der Waals surface area contributed by atoms with Gasteiger partial charge in [0.25, 0.3) is 0 Å². The van der Waals surface area contributed by atoms with Crippen LogP contribution in [0.1, 0.15) is 61.0 Å². The molecule has 0 aliphatic heterocycles. The maximum Gasteiger partial charge on any atom is 0.122 e. The Morgan fingerprint density at radius 1 is 0.694 bits per heavy atom. The van der Waals surface area contributed by atoms with Crippen molar-refractivity contribution in [3.63, 3.8) is 0 Å². The molecule has 0 saturated heterocycles. The molecule has 0 atom stereocenters. The molecule has 0 amide bonds. The van der Waals surface area contributed by atoms with Gasteiger partial charge >= 0.3 is 0 Å². The summed E-state index contributed by atoms with van der Waals surface area (Å²) in [6.45, 7) is 6.04. The normalized spacial score (nSPS) is 11.4. The van der Waals surface area contributed by atoms with Gasteiger partial charge in [0, 0.05) is 6.54 Å². The van der Waals surface area contributed by atoms with Crippen LogP contribution in [0.4, 0.5) is 0 Å². The molecule has 0 N–H and O–H groups in total.